The first-order chi connectivity index (χ1) is 7.77. The molecule has 0 spiro atoms. The molecule has 0 bridgehead atoms. The molecule has 1 aromatic carbocycles. The van der Waals surface area contributed by atoms with Crippen LogP contribution in [-0.2, 0) is 20.9 Å². The van der Waals surface area contributed by atoms with E-state index in [0.717, 1.165) is 11.3 Å². The van der Waals surface area contributed by atoms with Crippen molar-refractivity contribution in [3.05, 3.63) is 29.8 Å². The Morgan fingerprint density at radius 3 is 3.00 bits per heavy atom. The molecule has 84 valence electrons. The van der Waals surface area contributed by atoms with Gasteiger partial charge in [-0.2, -0.15) is 0 Å². The SMILES string of the molecule is CCC(=O)N1c2ccccc2COC1C=O. The first-order valence-corrected chi connectivity index (χ1v) is 5.24. The molecule has 4 heteroatoms. The zero-order valence-electron chi connectivity index (χ0n) is 9.05. The number of fused-ring (bicyclic) bond motifs is 1. The van der Waals surface area contributed by atoms with Crippen molar-refractivity contribution in [2.45, 2.75) is 26.2 Å². The van der Waals surface area contributed by atoms with Crippen LogP contribution in [0, 0.1) is 0 Å². The van der Waals surface area contributed by atoms with Crippen LogP contribution in [0.2, 0.25) is 0 Å². The van der Waals surface area contributed by atoms with Crippen molar-refractivity contribution in [2.24, 2.45) is 0 Å². The molecule has 0 fully saturated rings. The molecule has 16 heavy (non-hydrogen) atoms. The smallest absolute Gasteiger partial charge is 0.229 e. The van der Waals surface area contributed by atoms with Crippen LogP contribution in [0.25, 0.3) is 0 Å². The van der Waals surface area contributed by atoms with E-state index in [1.54, 1.807) is 6.92 Å². The lowest BCUT2D eigenvalue weighted by Gasteiger charge is -2.33. The van der Waals surface area contributed by atoms with Crippen LogP contribution in [0.1, 0.15) is 18.9 Å². The number of para-hydroxylation sites is 1. The molecule has 1 aromatic rings. The summed E-state index contributed by atoms with van der Waals surface area (Å²) in [6.45, 7) is 2.13. The van der Waals surface area contributed by atoms with Crippen LogP contribution in [0.4, 0.5) is 5.69 Å². The van der Waals surface area contributed by atoms with Gasteiger partial charge in [0.15, 0.2) is 12.5 Å². The van der Waals surface area contributed by atoms with Crippen LogP contribution in [-0.4, -0.2) is 18.4 Å². The van der Waals surface area contributed by atoms with Gasteiger partial charge in [0.1, 0.15) is 0 Å². The van der Waals surface area contributed by atoms with Crippen LogP contribution in [0.15, 0.2) is 24.3 Å². The number of hydrogen-bond acceptors (Lipinski definition) is 3. The molecule has 1 atom stereocenters. The van der Waals surface area contributed by atoms with E-state index in [2.05, 4.69) is 0 Å². The lowest BCUT2D eigenvalue weighted by atomic mass is 10.1. The molecule has 1 aliphatic heterocycles. The van der Waals surface area contributed by atoms with Crippen LogP contribution < -0.4 is 4.90 Å². The minimum absolute atomic E-state index is 0.107. The van der Waals surface area contributed by atoms with Gasteiger partial charge in [-0.05, 0) is 6.07 Å². The van der Waals surface area contributed by atoms with Gasteiger partial charge in [-0.1, -0.05) is 25.1 Å². The fraction of sp³-hybridized carbons (Fsp3) is 0.333. The quantitative estimate of drug-likeness (QED) is 0.708. The Balaban J connectivity index is 2.44. The lowest BCUT2D eigenvalue weighted by molar-refractivity contribution is -0.128. The van der Waals surface area contributed by atoms with Gasteiger partial charge in [0.2, 0.25) is 5.91 Å². The van der Waals surface area contributed by atoms with Gasteiger partial charge in [0, 0.05) is 12.0 Å². The van der Waals surface area contributed by atoms with Crippen LogP contribution in [0.5, 0.6) is 0 Å². The van der Waals surface area contributed by atoms with E-state index in [4.69, 9.17) is 4.74 Å². The molecule has 2 rings (SSSR count). The maximum atomic E-state index is 11.8. The average Bonchev–Trinajstić information content (AvgIpc) is 2.36. The standard InChI is InChI=1S/C12H13NO3/c1-2-11(15)13-10-6-4-3-5-9(10)8-16-12(13)7-14/h3-7,12H,2,8H2,1H3. The summed E-state index contributed by atoms with van der Waals surface area (Å²) in [5.74, 6) is -0.107. The summed E-state index contributed by atoms with van der Waals surface area (Å²) < 4.78 is 5.33. The molecule has 1 aliphatic rings. The van der Waals surface area contributed by atoms with Crippen molar-refractivity contribution in [3.63, 3.8) is 0 Å². The van der Waals surface area contributed by atoms with E-state index in [1.807, 2.05) is 24.3 Å². The molecule has 4 nitrogen and oxygen atoms in total. The number of aldehydes is 1. The summed E-state index contributed by atoms with van der Waals surface area (Å²) in [5.41, 5.74) is 1.71. The number of anilines is 1. The van der Waals surface area contributed by atoms with Crippen molar-refractivity contribution in [1.29, 1.82) is 0 Å². The monoisotopic (exact) mass is 219 g/mol. The van der Waals surface area contributed by atoms with Gasteiger partial charge < -0.3 is 4.74 Å². The summed E-state index contributed by atoms with van der Waals surface area (Å²) in [6, 6.07) is 7.47. The third kappa shape index (κ3) is 1.72. The molecule has 0 aliphatic carbocycles. The molecule has 0 saturated carbocycles. The van der Waals surface area contributed by atoms with Crippen molar-refractivity contribution in [3.8, 4) is 0 Å². The molecular formula is C12H13NO3. The number of nitrogens with zero attached hydrogens (tertiary/aromatic N) is 1. The highest BCUT2D eigenvalue weighted by molar-refractivity contribution is 5.97. The molecule has 1 unspecified atom stereocenters. The van der Waals surface area contributed by atoms with E-state index in [-0.39, 0.29) is 5.91 Å². The molecule has 0 aromatic heterocycles. The molecule has 1 heterocycles. The lowest BCUT2D eigenvalue weighted by Crippen LogP contribution is -2.45. The zero-order valence-corrected chi connectivity index (χ0v) is 9.05. The Morgan fingerprint density at radius 1 is 1.56 bits per heavy atom. The maximum Gasteiger partial charge on any atom is 0.229 e. The highest BCUT2D eigenvalue weighted by Crippen LogP contribution is 2.28. The number of hydrogen-bond donors (Lipinski definition) is 0. The molecule has 0 N–H and O–H groups in total. The third-order valence-electron chi connectivity index (χ3n) is 2.60. The van der Waals surface area contributed by atoms with E-state index >= 15 is 0 Å². The Bertz CT molecular complexity index is 416. The fourth-order valence-corrected chi connectivity index (χ4v) is 1.80. The Labute approximate surface area is 93.8 Å². The van der Waals surface area contributed by atoms with Gasteiger partial charge in [0.25, 0.3) is 0 Å². The number of carbonyl (C=O) groups is 2. The molecule has 0 saturated heterocycles. The van der Waals surface area contributed by atoms with Gasteiger partial charge in [-0.15, -0.1) is 0 Å². The Morgan fingerprint density at radius 2 is 2.31 bits per heavy atom. The predicted molar refractivity (Wildman–Crippen MR) is 58.9 cm³/mol. The second-order valence-electron chi connectivity index (χ2n) is 3.58. The number of ether oxygens (including phenoxy) is 1. The topological polar surface area (TPSA) is 46.6 Å². The van der Waals surface area contributed by atoms with Crippen LogP contribution in [0.3, 0.4) is 0 Å². The minimum Gasteiger partial charge on any atom is -0.346 e. The van der Waals surface area contributed by atoms with E-state index in [9.17, 15) is 9.59 Å². The molecule has 1 amide bonds. The summed E-state index contributed by atoms with van der Waals surface area (Å²) in [6.07, 6.45) is 0.216. The zero-order chi connectivity index (χ0) is 11.5. The van der Waals surface area contributed by atoms with E-state index in [1.165, 1.54) is 4.90 Å². The maximum absolute atomic E-state index is 11.8. The minimum atomic E-state index is -0.789. The first kappa shape index (κ1) is 10.8. The van der Waals surface area contributed by atoms with E-state index < -0.39 is 6.23 Å². The second-order valence-corrected chi connectivity index (χ2v) is 3.58. The Kier molecular flexibility index (Phi) is 3.01. The molecule has 0 radical (unpaired) electrons. The summed E-state index contributed by atoms with van der Waals surface area (Å²) in [5, 5.41) is 0. The van der Waals surface area contributed by atoms with E-state index in [0.29, 0.717) is 19.3 Å². The molecular weight excluding hydrogens is 206 g/mol. The van der Waals surface area contributed by atoms with Crippen molar-refractivity contribution in [1.82, 2.24) is 0 Å². The highest BCUT2D eigenvalue weighted by Gasteiger charge is 2.30. The average molecular weight is 219 g/mol. The van der Waals surface area contributed by atoms with Gasteiger partial charge in [0.05, 0.1) is 12.3 Å². The van der Waals surface area contributed by atoms with Crippen molar-refractivity contribution >= 4 is 17.9 Å². The number of carbonyl (C=O) groups excluding carboxylic acids is 2. The first-order valence-electron chi connectivity index (χ1n) is 5.24. The van der Waals surface area contributed by atoms with Crippen molar-refractivity contribution < 1.29 is 14.3 Å². The summed E-state index contributed by atoms with van der Waals surface area (Å²) in [4.78, 5) is 24.1. The number of amides is 1. The second kappa shape index (κ2) is 4.45. The van der Waals surface area contributed by atoms with Crippen LogP contribution >= 0.6 is 0 Å². The summed E-state index contributed by atoms with van der Waals surface area (Å²) >= 11 is 0. The largest absolute Gasteiger partial charge is 0.346 e. The number of rotatable bonds is 2. The van der Waals surface area contributed by atoms with Gasteiger partial charge in [-0.3, -0.25) is 14.5 Å². The number of benzene rings is 1. The summed E-state index contributed by atoms with van der Waals surface area (Å²) in [7, 11) is 0. The fourth-order valence-electron chi connectivity index (χ4n) is 1.80. The van der Waals surface area contributed by atoms with Gasteiger partial charge >= 0.3 is 0 Å². The predicted octanol–water partition coefficient (Wildman–Crippen LogP) is 1.48. The normalized spacial score (nSPS) is 19.1. The Hall–Kier alpha value is -1.68. The third-order valence-corrected chi connectivity index (χ3v) is 2.60. The highest BCUT2D eigenvalue weighted by atomic mass is 16.5. The van der Waals surface area contributed by atoms with Crippen molar-refractivity contribution in [2.75, 3.05) is 4.90 Å². The van der Waals surface area contributed by atoms with Gasteiger partial charge in [-0.25, -0.2) is 0 Å².